The molecule has 0 aliphatic rings. The number of anilines is 1. The first-order valence-corrected chi connectivity index (χ1v) is 8.18. The van der Waals surface area contributed by atoms with Crippen molar-refractivity contribution in [2.75, 3.05) is 12.4 Å². The van der Waals surface area contributed by atoms with Crippen molar-refractivity contribution in [3.8, 4) is 16.3 Å². The largest absolute Gasteiger partial charge is 0.497 e. The summed E-state index contributed by atoms with van der Waals surface area (Å²) in [6.07, 6.45) is 0. The Hall–Kier alpha value is -2.70. The number of ether oxygens (including phenoxy) is 1. The van der Waals surface area contributed by atoms with Gasteiger partial charge in [-0.1, -0.05) is 12.1 Å². The van der Waals surface area contributed by atoms with Gasteiger partial charge in [-0.3, -0.25) is 4.79 Å². The van der Waals surface area contributed by atoms with Crippen LogP contribution in [0.1, 0.15) is 16.1 Å². The summed E-state index contributed by atoms with van der Waals surface area (Å²) in [5, 5.41) is 14.4. The molecule has 24 heavy (non-hydrogen) atoms. The molecule has 0 atom stereocenters. The molecule has 5 nitrogen and oxygen atoms in total. The monoisotopic (exact) mass is 340 g/mol. The van der Waals surface area contributed by atoms with Gasteiger partial charge >= 0.3 is 0 Å². The van der Waals surface area contributed by atoms with E-state index >= 15 is 0 Å². The van der Waals surface area contributed by atoms with Crippen molar-refractivity contribution < 1.29 is 14.6 Å². The van der Waals surface area contributed by atoms with Crippen LogP contribution < -0.4 is 10.1 Å². The number of carbonyl (C=O) groups excluding carboxylic acids is 1. The van der Waals surface area contributed by atoms with Crippen LogP contribution in [-0.2, 0) is 6.61 Å². The molecule has 1 amide bonds. The molecule has 0 radical (unpaired) electrons. The Kier molecular flexibility index (Phi) is 4.88. The van der Waals surface area contributed by atoms with Gasteiger partial charge in [0.1, 0.15) is 16.5 Å². The van der Waals surface area contributed by atoms with E-state index in [0.29, 0.717) is 11.4 Å². The lowest BCUT2D eigenvalue weighted by molar-refractivity contribution is 0.102. The highest BCUT2D eigenvalue weighted by Crippen LogP contribution is 2.26. The van der Waals surface area contributed by atoms with E-state index in [2.05, 4.69) is 10.3 Å². The van der Waals surface area contributed by atoms with Crippen LogP contribution in [-0.4, -0.2) is 23.1 Å². The van der Waals surface area contributed by atoms with E-state index < -0.39 is 0 Å². The van der Waals surface area contributed by atoms with Crippen LogP contribution >= 0.6 is 11.3 Å². The van der Waals surface area contributed by atoms with E-state index in [4.69, 9.17) is 9.84 Å². The van der Waals surface area contributed by atoms with Gasteiger partial charge in [-0.2, -0.15) is 0 Å². The highest BCUT2D eigenvalue weighted by atomic mass is 32.1. The van der Waals surface area contributed by atoms with E-state index in [1.807, 2.05) is 24.3 Å². The number of nitrogens with zero attached hydrogens (tertiary/aromatic N) is 1. The van der Waals surface area contributed by atoms with E-state index in [0.717, 1.165) is 21.9 Å². The van der Waals surface area contributed by atoms with Crippen molar-refractivity contribution in [1.29, 1.82) is 0 Å². The minimum Gasteiger partial charge on any atom is -0.497 e. The molecule has 0 aliphatic carbocycles. The fourth-order valence-corrected chi connectivity index (χ4v) is 2.99. The second-order valence-corrected chi connectivity index (χ2v) is 5.94. The lowest BCUT2D eigenvalue weighted by atomic mass is 10.2. The lowest BCUT2D eigenvalue weighted by Gasteiger charge is -2.04. The standard InChI is InChI=1S/C18H16N2O3S/c1-23-15-7-5-13(6-8-15)18-20-16(11-24-18)17(22)19-14-4-2-3-12(9-14)10-21/h2-9,11,21H,10H2,1H3,(H,19,22). The van der Waals surface area contributed by atoms with Gasteiger partial charge < -0.3 is 15.2 Å². The number of carbonyl (C=O) groups is 1. The van der Waals surface area contributed by atoms with Gasteiger partial charge in [0, 0.05) is 16.6 Å². The van der Waals surface area contributed by atoms with Crippen LogP contribution in [0.3, 0.4) is 0 Å². The fourth-order valence-electron chi connectivity index (χ4n) is 2.19. The Bertz CT molecular complexity index is 843. The predicted molar refractivity (Wildman–Crippen MR) is 94.4 cm³/mol. The maximum absolute atomic E-state index is 12.3. The first kappa shape index (κ1) is 16.2. The Morgan fingerprint density at radius 1 is 1.25 bits per heavy atom. The Morgan fingerprint density at radius 3 is 2.75 bits per heavy atom. The molecule has 0 fully saturated rings. The quantitative estimate of drug-likeness (QED) is 0.745. The van der Waals surface area contributed by atoms with E-state index in [1.165, 1.54) is 11.3 Å². The van der Waals surface area contributed by atoms with Crippen molar-refractivity contribution in [2.45, 2.75) is 6.61 Å². The summed E-state index contributed by atoms with van der Waals surface area (Å²) in [5.41, 5.74) is 2.66. The van der Waals surface area contributed by atoms with E-state index in [9.17, 15) is 4.79 Å². The summed E-state index contributed by atoms with van der Waals surface area (Å²) in [4.78, 5) is 16.7. The number of thiazole rings is 1. The van der Waals surface area contributed by atoms with Crippen LogP contribution in [0.2, 0.25) is 0 Å². The SMILES string of the molecule is COc1ccc(-c2nc(C(=O)Nc3cccc(CO)c3)cs2)cc1. The molecule has 1 heterocycles. The number of aromatic nitrogens is 1. The van der Waals surface area contributed by atoms with Crippen LogP contribution in [0.5, 0.6) is 5.75 Å². The average molecular weight is 340 g/mol. The van der Waals surface area contributed by atoms with Crippen LogP contribution in [0.4, 0.5) is 5.69 Å². The highest BCUT2D eigenvalue weighted by Gasteiger charge is 2.12. The van der Waals surface area contributed by atoms with Crippen molar-refractivity contribution in [1.82, 2.24) is 4.98 Å². The summed E-state index contributed by atoms with van der Waals surface area (Å²) in [5.74, 6) is 0.498. The number of nitrogens with one attached hydrogen (secondary N) is 1. The summed E-state index contributed by atoms with van der Waals surface area (Å²) >= 11 is 1.41. The Morgan fingerprint density at radius 2 is 2.04 bits per heavy atom. The average Bonchev–Trinajstić information content (AvgIpc) is 3.12. The molecular formula is C18H16N2O3S. The number of amides is 1. The number of benzene rings is 2. The van der Waals surface area contributed by atoms with Crippen molar-refractivity contribution >= 4 is 22.9 Å². The molecule has 0 bridgehead atoms. The van der Waals surface area contributed by atoms with Crippen LogP contribution in [0, 0.1) is 0 Å². The van der Waals surface area contributed by atoms with Gasteiger partial charge in [0.2, 0.25) is 0 Å². The van der Waals surface area contributed by atoms with Gasteiger partial charge in [-0.25, -0.2) is 4.98 Å². The number of rotatable bonds is 5. The Labute approximate surface area is 143 Å². The molecule has 6 heteroatoms. The molecule has 3 rings (SSSR count). The summed E-state index contributed by atoms with van der Waals surface area (Å²) in [6, 6.07) is 14.6. The zero-order valence-corrected chi connectivity index (χ0v) is 13.8. The lowest BCUT2D eigenvalue weighted by Crippen LogP contribution is -2.12. The second kappa shape index (κ2) is 7.25. The molecule has 122 valence electrons. The molecule has 0 saturated heterocycles. The maximum atomic E-state index is 12.3. The second-order valence-electron chi connectivity index (χ2n) is 5.08. The number of methoxy groups -OCH3 is 1. The summed E-state index contributed by atoms with van der Waals surface area (Å²) in [7, 11) is 1.62. The molecular weight excluding hydrogens is 324 g/mol. The summed E-state index contributed by atoms with van der Waals surface area (Å²) in [6.45, 7) is -0.0674. The molecule has 0 unspecified atom stereocenters. The molecule has 0 saturated carbocycles. The zero-order chi connectivity index (χ0) is 16.9. The molecule has 3 aromatic rings. The minimum atomic E-state index is -0.277. The van der Waals surface area contributed by atoms with Gasteiger partial charge in [-0.15, -0.1) is 11.3 Å². The molecule has 1 aromatic heterocycles. The van der Waals surface area contributed by atoms with Crippen molar-refractivity contribution in [2.24, 2.45) is 0 Å². The normalized spacial score (nSPS) is 10.4. The van der Waals surface area contributed by atoms with Gasteiger partial charge in [0.15, 0.2) is 0 Å². The van der Waals surface area contributed by atoms with Crippen molar-refractivity contribution in [3.63, 3.8) is 0 Å². The first-order valence-electron chi connectivity index (χ1n) is 7.30. The van der Waals surface area contributed by atoms with Gasteiger partial charge in [0.25, 0.3) is 5.91 Å². The molecule has 0 aliphatic heterocycles. The van der Waals surface area contributed by atoms with Crippen molar-refractivity contribution in [3.05, 3.63) is 65.2 Å². The smallest absolute Gasteiger partial charge is 0.275 e. The third kappa shape index (κ3) is 3.61. The molecule has 0 spiro atoms. The number of aliphatic hydroxyl groups is 1. The first-order chi connectivity index (χ1) is 11.7. The Balaban J connectivity index is 1.75. The number of hydrogen-bond donors (Lipinski definition) is 2. The van der Waals surface area contributed by atoms with Gasteiger partial charge in [0.05, 0.1) is 13.7 Å². The number of hydrogen-bond acceptors (Lipinski definition) is 5. The van der Waals surface area contributed by atoms with Crippen LogP contribution in [0.15, 0.2) is 53.9 Å². The fraction of sp³-hybridized carbons (Fsp3) is 0.111. The van der Waals surface area contributed by atoms with E-state index in [-0.39, 0.29) is 12.5 Å². The van der Waals surface area contributed by atoms with Crippen LogP contribution in [0.25, 0.3) is 10.6 Å². The van der Waals surface area contributed by atoms with Gasteiger partial charge in [-0.05, 0) is 42.0 Å². The zero-order valence-electron chi connectivity index (χ0n) is 13.0. The number of aliphatic hydroxyl groups excluding tert-OH is 1. The molecule has 2 N–H and O–H groups in total. The highest BCUT2D eigenvalue weighted by molar-refractivity contribution is 7.13. The van der Waals surface area contributed by atoms with E-state index in [1.54, 1.807) is 36.8 Å². The summed E-state index contributed by atoms with van der Waals surface area (Å²) < 4.78 is 5.13. The predicted octanol–water partition coefficient (Wildman–Crippen LogP) is 3.56. The minimum absolute atomic E-state index is 0.0674. The molecule has 2 aromatic carbocycles. The maximum Gasteiger partial charge on any atom is 0.275 e. The third-order valence-corrected chi connectivity index (χ3v) is 4.33. The third-order valence-electron chi connectivity index (χ3n) is 3.44. The topological polar surface area (TPSA) is 71.5 Å².